The molecule has 0 aliphatic carbocycles. The third-order valence-electron chi connectivity index (χ3n) is 2.13. The maximum absolute atomic E-state index is 3.98. The van der Waals surface area contributed by atoms with Crippen molar-refractivity contribution in [1.82, 2.24) is 10.2 Å². The minimum Gasteiger partial charge on any atom is -0.278 e. The van der Waals surface area contributed by atoms with Gasteiger partial charge in [-0.25, -0.2) is 0 Å². The Morgan fingerprint density at radius 2 is 1.88 bits per heavy atom. The van der Waals surface area contributed by atoms with Crippen molar-refractivity contribution in [3.8, 4) is 0 Å². The fourth-order valence-electron chi connectivity index (χ4n) is 1.32. The van der Waals surface area contributed by atoms with Crippen molar-refractivity contribution in [2.24, 2.45) is 0 Å². The standard InChI is InChI=1S/C10H12N2.C3H6.C2H6/c1-7(2)8-3-4-10-9(5-8)6-11-12-10;1-3-2;1-2/h3-7H,1-2H3,(H,11,12);3H,1H2,2H3;1-2H3. The van der Waals surface area contributed by atoms with Gasteiger partial charge in [0.15, 0.2) is 0 Å². The summed E-state index contributed by atoms with van der Waals surface area (Å²) in [6, 6.07) is 6.41. The van der Waals surface area contributed by atoms with Gasteiger partial charge >= 0.3 is 0 Å². The highest BCUT2D eigenvalue weighted by Gasteiger charge is 2.00. The first-order valence-corrected chi connectivity index (χ1v) is 6.19. The van der Waals surface area contributed by atoms with Crippen molar-refractivity contribution in [2.75, 3.05) is 0 Å². The lowest BCUT2D eigenvalue weighted by Crippen LogP contribution is -1.85. The normalized spacial score (nSPS) is 9.06. The van der Waals surface area contributed by atoms with Gasteiger partial charge in [-0.2, -0.15) is 5.10 Å². The van der Waals surface area contributed by atoms with E-state index < -0.39 is 0 Å². The van der Waals surface area contributed by atoms with E-state index in [-0.39, 0.29) is 0 Å². The van der Waals surface area contributed by atoms with Crippen molar-refractivity contribution < 1.29 is 0 Å². The van der Waals surface area contributed by atoms with Crippen LogP contribution in [0.15, 0.2) is 37.1 Å². The van der Waals surface area contributed by atoms with Gasteiger partial charge in [0.2, 0.25) is 0 Å². The second-order valence-corrected chi connectivity index (χ2v) is 3.78. The van der Waals surface area contributed by atoms with Crippen molar-refractivity contribution in [1.29, 1.82) is 0 Å². The predicted molar refractivity (Wildman–Crippen MR) is 77.4 cm³/mol. The number of benzene rings is 1. The summed E-state index contributed by atoms with van der Waals surface area (Å²) < 4.78 is 0. The number of nitrogens with zero attached hydrogens (tertiary/aromatic N) is 1. The molecule has 0 aliphatic rings. The average Bonchev–Trinajstić information content (AvgIpc) is 2.79. The molecule has 0 radical (unpaired) electrons. The van der Waals surface area contributed by atoms with E-state index in [9.17, 15) is 0 Å². The molecule has 0 saturated carbocycles. The van der Waals surface area contributed by atoms with Crippen LogP contribution in [0, 0.1) is 0 Å². The SMILES string of the molecule is C=CC.CC.CC(C)c1ccc2[nH]ncc2c1. The highest BCUT2D eigenvalue weighted by atomic mass is 15.1. The first kappa shape index (κ1) is 15.4. The molecule has 2 nitrogen and oxygen atoms in total. The zero-order valence-corrected chi connectivity index (χ0v) is 11.6. The summed E-state index contributed by atoms with van der Waals surface area (Å²) in [4.78, 5) is 0. The third kappa shape index (κ3) is 4.85. The van der Waals surface area contributed by atoms with Crippen molar-refractivity contribution in [3.05, 3.63) is 42.6 Å². The molecule has 1 N–H and O–H groups in total. The highest BCUT2D eigenvalue weighted by molar-refractivity contribution is 5.78. The molecule has 2 aromatic rings. The van der Waals surface area contributed by atoms with E-state index >= 15 is 0 Å². The quantitative estimate of drug-likeness (QED) is 0.696. The second-order valence-electron chi connectivity index (χ2n) is 3.78. The minimum absolute atomic E-state index is 0.587. The maximum atomic E-state index is 3.98. The van der Waals surface area contributed by atoms with Crippen LogP contribution in [0.1, 0.15) is 46.1 Å². The van der Waals surface area contributed by atoms with Crippen LogP contribution in [-0.2, 0) is 0 Å². The topological polar surface area (TPSA) is 28.7 Å². The van der Waals surface area contributed by atoms with Crippen LogP contribution < -0.4 is 0 Å². The Labute approximate surface area is 105 Å². The molecular formula is C15H24N2. The van der Waals surface area contributed by atoms with Gasteiger partial charge in [0.25, 0.3) is 0 Å². The number of aromatic amines is 1. The van der Waals surface area contributed by atoms with E-state index in [0.29, 0.717) is 5.92 Å². The molecule has 0 unspecified atom stereocenters. The van der Waals surface area contributed by atoms with E-state index in [1.165, 1.54) is 10.9 Å². The van der Waals surface area contributed by atoms with Gasteiger partial charge in [0.05, 0.1) is 11.7 Å². The van der Waals surface area contributed by atoms with Gasteiger partial charge in [0.1, 0.15) is 0 Å². The molecule has 0 atom stereocenters. The molecule has 94 valence electrons. The predicted octanol–water partition coefficient (Wildman–Crippen LogP) is 4.90. The van der Waals surface area contributed by atoms with Crippen LogP contribution in [0.3, 0.4) is 0 Å². The number of aromatic nitrogens is 2. The number of H-pyrrole nitrogens is 1. The Bertz CT molecular complexity index is 427. The molecule has 0 bridgehead atoms. The van der Waals surface area contributed by atoms with Gasteiger partial charge in [-0.05, 0) is 30.5 Å². The number of allylic oxidation sites excluding steroid dienone is 1. The van der Waals surface area contributed by atoms with Gasteiger partial charge in [0, 0.05) is 5.39 Å². The van der Waals surface area contributed by atoms with Crippen LogP contribution in [-0.4, -0.2) is 10.2 Å². The first-order valence-electron chi connectivity index (χ1n) is 6.19. The zero-order valence-electron chi connectivity index (χ0n) is 11.6. The van der Waals surface area contributed by atoms with Gasteiger partial charge < -0.3 is 0 Å². The van der Waals surface area contributed by atoms with Gasteiger partial charge in [-0.15, -0.1) is 6.58 Å². The van der Waals surface area contributed by atoms with Crippen LogP contribution in [0.5, 0.6) is 0 Å². The summed E-state index contributed by atoms with van der Waals surface area (Å²) in [6.45, 7) is 13.6. The largest absolute Gasteiger partial charge is 0.278 e. The number of hydrogen-bond acceptors (Lipinski definition) is 1. The lowest BCUT2D eigenvalue weighted by atomic mass is 10.0. The molecule has 0 amide bonds. The Kier molecular flexibility index (Phi) is 7.78. The van der Waals surface area contributed by atoms with E-state index in [0.717, 1.165) is 5.52 Å². The summed E-state index contributed by atoms with van der Waals surface area (Å²) in [5, 5.41) is 8.11. The molecule has 0 spiro atoms. The van der Waals surface area contributed by atoms with Crippen LogP contribution >= 0.6 is 0 Å². The number of nitrogens with one attached hydrogen (secondary N) is 1. The van der Waals surface area contributed by atoms with Crippen LogP contribution in [0.25, 0.3) is 10.9 Å². The zero-order chi connectivity index (χ0) is 13.3. The molecule has 1 aromatic heterocycles. The van der Waals surface area contributed by atoms with E-state index in [2.05, 4.69) is 48.8 Å². The Morgan fingerprint density at radius 3 is 2.41 bits per heavy atom. The lowest BCUT2D eigenvalue weighted by molar-refractivity contribution is 0.869. The minimum atomic E-state index is 0.587. The smallest absolute Gasteiger partial charge is 0.0650 e. The summed E-state index contributed by atoms with van der Waals surface area (Å²) in [5.74, 6) is 0.587. The van der Waals surface area contributed by atoms with Crippen LogP contribution in [0.4, 0.5) is 0 Å². The number of hydrogen-bond donors (Lipinski definition) is 1. The monoisotopic (exact) mass is 232 g/mol. The van der Waals surface area contributed by atoms with Gasteiger partial charge in [-0.1, -0.05) is 39.8 Å². The molecule has 0 saturated heterocycles. The highest BCUT2D eigenvalue weighted by Crippen LogP contribution is 2.19. The van der Waals surface area contributed by atoms with Crippen molar-refractivity contribution in [3.63, 3.8) is 0 Å². The second kappa shape index (κ2) is 8.57. The molecule has 2 heteroatoms. The summed E-state index contributed by atoms with van der Waals surface area (Å²) in [7, 11) is 0. The number of rotatable bonds is 1. The van der Waals surface area contributed by atoms with E-state index in [4.69, 9.17) is 0 Å². The van der Waals surface area contributed by atoms with Gasteiger partial charge in [-0.3, -0.25) is 5.10 Å². The Hall–Kier alpha value is -1.57. The fourth-order valence-corrected chi connectivity index (χ4v) is 1.32. The molecule has 17 heavy (non-hydrogen) atoms. The molecule has 0 fully saturated rings. The Balaban J connectivity index is 0.000000450. The number of fused-ring (bicyclic) bond motifs is 1. The van der Waals surface area contributed by atoms with Crippen molar-refractivity contribution >= 4 is 10.9 Å². The maximum Gasteiger partial charge on any atom is 0.0650 e. The van der Waals surface area contributed by atoms with E-state index in [1.807, 2.05) is 27.0 Å². The fraction of sp³-hybridized carbons (Fsp3) is 0.400. The Morgan fingerprint density at radius 1 is 1.29 bits per heavy atom. The molecular weight excluding hydrogens is 208 g/mol. The molecule has 0 aliphatic heterocycles. The molecule has 2 rings (SSSR count). The lowest BCUT2D eigenvalue weighted by Gasteiger charge is -2.03. The first-order chi connectivity index (χ1) is 8.19. The molecule has 1 heterocycles. The third-order valence-corrected chi connectivity index (χ3v) is 2.13. The van der Waals surface area contributed by atoms with Crippen LogP contribution in [0.2, 0.25) is 0 Å². The summed E-state index contributed by atoms with van der Waals surface area (Å²) in [5.41, 5.74) is 2.48. The van der Waals surface area contributed by atoms with E-state index in [1.54, 1.807) is 6.08 Å². The van der Waals surface area contributed by atoms with Crippen molar-refractivity contribution in [2.45, 2.75) is 40.5 Å². The summed E-state index contributed by atoms with van der Waals surface area (Å²) >= 11 is 0. The average molecular weight is 232 g/mol. The molecule has 1 aromatic carbocycles. The summed E-state index contributed by atoms with van der Waals surface area (Å²) in [6.07, 6.45) is 3.61.